The average molecular weight is 313 g/mol. The number of nitrogens with one attached hydrogen (secondary N) is 1. The molecule has 0 fully saturated rings. The minimum Gasteiger partial charge on any atom is -0.457 e. The van der Waals surface area contributed by atoms with Crippen molar-refractivity contribution in [3.63, 3.8) is 0 Å². The summed E-state index contributed by atoms with van der Waals surface area (Å²) in [4.78, 5) is 12.2. The molecule has 0 radical (unpaired) electrons. The SMILES string of the molecule is O=C1Nc2ccccc2/C1=C\c1cccc(Oc2ccccc2)c1. The summed E-state index contributed by atoms with van der Waals surface area (Å²) < 4.78 is 5.85. The van der Waals surface area contributed by atoms with E-state index in [4.69, 9.17) is 4.74 Å². The summed E-state index contributed by atoms with van der Waals surface area (Å²) in [5.41, 5.74) is 3.37. The molecule has 116 valence electrons. The standard InChI is InChI=1S/C21H15NO2/c23-21-19(18-11-4-5-12-20(18)22-21)14-15-7-6-10-17(13-15)24-16-8-2-1-3-9-16/h1-14H,(H,22,23)/b19-14+. The van der Waals surface area contributed by atoms with Crippen molar-refractivity contribution in [3.8, 4) is 11.5 Å². The van der Waals surface area contributed by atoms with Crippen molar-refractivity contribution in [1.82, 2.24) is 0 Å². The predicted molar refractivity (Wildman–Crippen MR) is 95.9 cm³/mol. The first-order valence-corrected chi connectivity index (χ1v) is 7.75. The van der Waals surface area contributed by atoms with E-state index in [-0.39, 0.29) is 5.91 Å². The van der Waals surface area contributed by atoms with Crippen LogP contribution in [0.4, 0.5) is 5.69 Å². The van der Waals surface area contributed by atoms with Gasteiger partial charge in [0.25, 0.3) is 5.91 Å². The molecule has 0 atom stereocenters. The lowest BCUT2D eigenvalue weighted by molar-refractivity contribution is -0.110. The molecule has 1 heterocycles. The molecular formula is C21H15NO2. The first-order valence-electron chi connectivity index (χ1n) is 7.75. The lowest BCUT2D eigenvalue weighted by atomic mass is 10.0. The van der Waals surface area contributed by atoms with E-state index < -0.39 is 0 Å². The molecule has 0 aromatic heterocycles. The molecule has 24 heavy (non-hydrogen) atoms. The van der Waals surface area contributed by atoms with Gasteiger partial charge in [0.05, 0.1) is 0 Å². The maximum Gasteiger partial charge on any atom is 0.256 e. The molecule has 1 aliphatic rings. The summed E-state index contributed by atoms with van der Waals surface area (Å²) in [6.07, 6.45) is 1.89. The summed E-state index contributed by atoms with van der Waals surface area (Å²) >= 11 is 0. The number of amides is 1. The third-order valence-corrected chi connectivity index (χ3v) is 3.86. The van der Waals surface area contributed by atoms with Crippen molar-refractivity contribution in [1.29, 1.82) is 0 Å². The Kier molecular flexibility index (Phi) is 3.60. The van der Waals surface area contributed by atoms with Gasteiger partial charge >= 0.3 is 0 Å². The van der Waals surface area contributed by atoms with Crippen LogP contribution in [0.15, 0.2) is 78.9 Å². The van der Waals surface area contributed by atoms with Crippen LogP contribution in [0.2, 0.25) is 0 Å². The molecular weight excluding hydrogens is 298 g/mol. The predicted octanol–water partition coefficient (Wildman–Crippen LogP) is 4.97. The molecule has 1 N–H and O–H groups in total. The number of para-hydroxylation sites is 2. The highest BCUT2D eigenvalue weighted by Crippen LogP contribution is 2.33. The molecule has 3 aromatic rings. The number of carbonyl (C=O) groups is 1. The highest BCUT2D eigenvalue weighted by Gasteiger charge is 2.23. The van der Waals surface area contributed by atoms with Crippen molar-refractivity contribution in [2.75, 3.05) is 5.32 Å². The third-order valence-electron chi connectivity index (χ3n) is 3.86. The van der Waals surface area contributed by atoms with Gasteiger partial charge in [-0.25, -0.2) is 0 Å². The number of fused-ring (bicyclic) bond motifs is 1. The number of hydrogen-bond donors (Lipinski definition) is 1. The van der Waals surface area contributed by atoms with Crippen molar-refractivity contribution >= 4 is 23.2 Å². The maximum atomic E-state index is 12.2. The van der Waals surface area contributed by atoms with Gasteiger partial charge < -0.3 is 10.1 Å². The molecule has 0 saturated carbocycles. The van der Waals surface area contributed by atoms with Gasteiger partial charge in [-0.1, -0.05) is 48.5 Å². The van der Waals surface area contributed by atoms with Crippen LogP contribution in [0.3, 0.4) is 0 Å². The first-order chi connectivity index (χ1) is 11.8. The van der Waals surface area contributed by atoms with Gasteiger partial charge in [0.2, 0.25) is 0 Å². The van der Waals surface area contributed by atoms with Gasteiger partial charge in [0, 0.05) is 16.8 Å². The summed E-state index contributed by atoms with van der Waals surface area (Å²) in [6, 6.07) is 25.0. The zero-order valence-corrected chi connectivity index (χ0v) is 12.9. The van der Waals surface area contributed by atoms with E-state index >= 15 is 0 Å². The van der Waals surface area contributed by atoms with Gasteiger partial charge in [-0.3, -0.25) is 4.79 Å². The van der Waals surface area contributed by atoms with Gasteiger partial charge in [-0.05, 0) is 42.0 Å². The number of hydrogen-bond acceptors (Lipinski definition) is 2. The molecule has 1 amide bonds. The highest BCUT2D eigenvalue weighted by atomic mass is 16.5. The Morgan fingerprint density at radius 1 is 0.792 bits per heavy atom. The average Bonchev–Trinajstić information content (AvgIpc) is 2.92. The van der Waals surface area contributed by atoms with E-state index in [0.29, 0.717) is 5.57 Å². The summed E-state index contributed by atoms with van der Waals surface area (Å²) in [5.74, 6) is 1.44. The molecule has 3 heteroatoms. The molecule has 3 aromatic carbocycles. The summed E-state index contributed by atoms with van der Waals surface area (Å²) in [6.45, 7) is 0. The van der Waals surface area contributed by atoms with Crippen molar-refractivity contribution in [3.05, 3.63) is 90.0 Å². The van der Waals surface area contributed by atoms with E-state index in [1.807, 2.05) is 84.9 Å². The van der Waals surface area contributed by atoms with Crippen molar-refractivity contribution < 1.29 is 9.53 Å². The number of carbonyl (C=O) groups excluding carboxylic acids is 1. The lowest BCUT2D eigenvalue weighted by Crippen LogP contribution is -2.03. The minimum absolute atomic E-state index is 0.0782. The Balaban J connectivity index is 1.66. The Morgan fingerprint density at radius 2 is 1.54 bits per heavy atom. The van der Waals surface area contributed by atoms with E-state index in [2.05, 4.69) is 5.32 Å². The number of rotatable bonds is 3. The molecule has 1 aliphatic heterocycles. The normalized spacial score (nSPS) is 14.3. The fraction of sp³-hybridized carbons (Fsp3) is 0. The molecule has 4 rings (SSSR count). The van der Waals surface area contributed by atoms with Crippen LogP contribution in [0.1, 0.15) is 11.1 Å². The van der Waals surface area contributed by atoms with Gasteiger partial charge in [0.1, 0.15) is 11.5 Å². The van der Waals surface area contributed by atoms with E-state index in [9.17, 15) is 4.79 Å². The summed E-state index contributed by atoms with van der Waals surface area (Å²) in [7, 11) is 0. The van der Waals surface area contributed by atoms with E-state index in [1.165, 1.54) is 0 Å². The van der Waals surface area contributed by atoms with Crippen LogP contribution < -0.4 is 10.1 Å². The molecule has 3 nitrogen and oxygen atoms in total. The highest BCUT2D eigenvalue weighted by molar-refractivity contribution is 6.34. The Bertz CT molecular complexity index is 929. The van der Waals surface area contributed by atoms with Gasteiger partial charge in [0.15, 0.2) is 0 Å². The quantitative estimate of drug-likeness (QED) is 0.693. The second-order valence-corrected chi connectivity index (χ2v) is 5.55. The van der Waals surface area contributed by atoms with Crippen LogP contribution in [-0.2, 0) is 4.79 Å². The fourth-order valence-electron chi connectivity index (χ4n) is 2.74. The van der Waals surface area contributed by atoms with Crippen LogP contribution >= 0.6 is 0 Å². The van der Waals surface area contributed by atoms with E-state index in [0.717, 1.165) is 28.3 Å². The molecule has 0 aliphatic carbocycles. The molecule has 0 saturated heterocycles. The zero-order valence-electron chi connectivity index (χ0n) is 12.9. The van der Waals surface area contributed by atoms with Crippen LogP contribution in [-0.4, -0.2) is 5.91 Å². The minimum atomic E-state index is -0.0782. The summed E-state index contributed by atoms with van der Waals surface area (Å²) in [5, 5.41) is 2.88. The third kappa shape index (κ3) is 2.79. The Labute approximate surface area is 140 Å². The van der Waals surface area contributed by atoms with Crippen molar-refractivity contribution in [2.24, 2.45) is 0 Å². The molecule has 0 bridgehead atoms. The van der Waals surface area contributed by atoms with E-state index in [1.54, 1.807) is 0 Å². The molecule has 0 spiro atoms. The molecule has 0 unspecified atom stereocenters. The van der Waals surface area contributed by atoms with Gasteiger partial charge in [-0.2, -0.15) is 0 Å². The lowest BCUT2D eigenvalue weighted by Gasteiger charge is -2.06. The van der Waals surface area contributed by atoms with Crippen LogP contribution in [0.25, 0.3) is 11.6 Å². The maximum absolute atomic E-state index is 12.2. The van der Waals surface area contributed by atoms with Gasteiger partial charge in [-0.15, -0.1) is 0 Å². The monoisotopic (exact) mass is 313 g/mol. The van der Waals surface area contributed by atoms with Crippen molar-refractivity contribution in [2.45, 2.75) is 0 Å². The largest absolute Gasteiger partial charge is 0.457 e. The first kappa shape index (κ1) is 14.3. The Hall–Kier alpha value is -3.33. The second kappa shape index (κ2) is 6.05. The van der Waals surface area contributed by atoms with Crippen LogP contribution in [0.5, 0.6) is 11.5 Å². The number of benzene rings is 3. The number of anilines is 1. The number of ether oxygens (including phenoxy) is 1. The second-order valence-electron chi connectivity index (χ2n) is 5.55. The zero-order chi connectivity index (χ0) is 16.4. The fourth-order valence-corrected chi connectivity index (χ4v) is 2.74. The van der Waals surface area contributed by atoms with Crippen LogP contribution in [0, 0.1) is 0 Å². The Morgan fingerprint density at radius 3 is 2.42 bits per heavy atom. The topological polar surface area (TPSA) is 38.3 Å². The smallest absolute Gasteiger partial charge is 0.256 e.